The maximum Gasteiger partial charge on any atom is 0.264 e. The Balaban J connectivity index is 2.02. The number of nitrogens with one attached hydrogen (secondary N) is 1. The van der Waals surface area contributed by atoms with E-state index in [0.717, 1.165) is 52.4 Å². The van der Waals surface area contributed by atoms with Crippen LogP contribution >= 0.6 is 11.3 Å². The van der Waals surface area contributed by atoms with Crippen molar-refractivity contribution < 1.29 is 4.79 Å². The first kappa shape index (κ1) is 15.2. The fourth-order valence-corrected chi connectivity index (χ4v) is 4.21. The molecule has 0 aliphatic carbocycles. The van der Waals surface area contributed by atoms with Crippen molar-refractivity contribution in [2.24, 2.45) is 0 Å². The highest BCUT2D eigenvalue weighted by atomic mass is 32.1. The summed E-state index contributed by atoms with van der Waals surface area (Å²) in [6.45, 7) is 7.85. The number of carbonyl (C=O) groups is 1. The number of hydrogen-bond donors (Lipinski definition) is 1. The molecule has 0 radical (unpaired) electrons. The Labute approximate surface area is 134 Å². The van der Waals surface area contributed by atoms with Gasteiger partial charge in [-0.1, -0.05) is 0 Å². The van der Waals surface area contributed by atoms with Crippen molar-refractivity contribution in [3.63, 3.8) is 0 Å². The van der Waals surface area contributed by atoms with Crippen molar-refractivity contribution in [2.75, 3.05) is 18.4 Å². The third-order valence-electron chi connectivity index (χ3n) is 4.33. The molecule has 1 aliphatic rings. The summed E-state index contributed by atoms with van der Waals surface area (Å²) in [4.78, 5) is 25.3. The number of anilines is 1. The molecule has 118 valence electrons. The molecule has 0 bridgehead atoms. The first-order valence-electron chi connectivity index (χ1n) is 7.92. The van der Waals surface area contributed by atoms with Crippen molar-refractivity contribution in [3.05, 3.63) is 16.8 Å². The number of carbonyl (C=O) groups excluding carboxylic acids is 1. The molecule has 1 aliphatic heterocycles. The molecule has 1 unspecified atom stereocenters. The molecule has 1 amide bonds. The maximum atomic E-state index is 12.9. The van der Waals surface area contributed by atoms with Gasteiger partial charge in [-0.2, -0.15) is 0 Å². The van der Waals surface area contributed by atoms with Crippen LogP contribution in [0.15, 0.2) is 6.33 Å². The van der Waals surface area contributed by atoms with Crippen LogP contribution < -0.4 is 5.32 Å². The van der Waals surface area contributed by atoms with Crippen LogP contribution in [-0.4, -0.2) is 39.9 Å². The Hall–Kier alpha value is -1.69. The van der Waals surface area contributed by atoms with Crippen LogP contribution in [0.5, 0.6) is 0 Å². The summed E-state index contributed by atoms with van der Waals surface area (Å²) in [6.07, 6.45) is 4.97. The number of fused-ring (bicyclic) bond motifs is 1. The lowest BCUT2D eigenvalue weighted by Gasteiger charge is -2.33. The van der Waals surface area contributed by atoms with E-state index in [2.05, 4.69) is 22.2 Å². The summed E-state index contributed by atoms with van der Waals surface area (Å²) in [7, 11) is 0. The largest absolute Gasteiger partial charge is 0.370 e. The van der Waals surface area contributed by atoms with E-state index in [4.69, 9.17) is 0 Å². The number of nitrogens with zero attached hydrogens (tertiary/aromatic N) is 3. The number of aryl methyl sites for hydroxylation is 1. The van der Waals surface area contributed by atoms with Gasteiger partial charge in [-0.3, -0.25) is 4.79 Å². The summed E-state index contributed by atoms with van der Waals surface area (Å²) in [5.41, 5.74) is 0.999. The number of piperidine rings is 1. The molecule has 0 aromatic carbocycles. The van der Waals surface area contributed by atoms with Gasteiger partial charge in [0, 0.05) is 19.1 Å². The number of rotatable bonds is 3. The molecule has 1 atom stereocenters. The van der Waals surface area contributed by atoms with E-state index in [1.165, 1.54) is 17.8 Å². The van der Waals surface area contributed by atoms with Crippen LogP contribution in [0.1, 0.15) is 48.3 Å². The lowest BCUT2D eigenvalue weighted by molar-refractivity contribution is 0.0640. The zero-order valence-electron chi connectivity index (χ0n) is 13.3. The van der Waals surface area contributed by atoms with Crippen LogP contribution in [0.4, 0.5) is 5.82 Å². The molecule has 22 heavy (non-hydrogen) atoms. The molecule has 5 nitrogen and oxygen atoms in total. The highest BCUT2D eigenvalue weighted by Gasteiger charge is 2.28. The Morgan fingerprint density at radius 3 is 3.00 bits per heavy atom. The second-order valence-electron chi connectivity index (χ2n) is 5.83. The Morgan fingerprint density at radius 1 is 1.45 bits per heavy atom. The van der Waals surface area contributed by atoms with E-state index < -0.39 is 0 Å². The number of hydrogen-bond acceptors (Lipinski definition) is 5. The number of aromatic nitrogens is 2. The normalized spacial score (nSPS) is 18.7. The van der Waals surface area contributed by atoms with Crippen LogP contribution in [0.25, 0.3) is 10.2 Å². The average Bonchev–Trinajstić information content (AvgIpc) is 2.86. The van der Waals surface area contributed by atoms with Gasteiger partial charge in [0.1, 0.15) is 17.0 Å². The maximum absolute atomic E-state index is 12.9. The van der Waals surface area contributed by atoms with E-state index >= 15 is 0 Å². The lowest BCUT2D eigenvalue weighted by atomic mass is 10.0. The van der Waals surface area contributed by atoms with E-state index in [0.29, 0.717) is 6.04 Å². The highest BCUT2D eigenvalue weighted by Crippen LogP contribution is 2.34. The molecule has 6 heteroatoms. The van der Waals surface area contributed by atoms with Gasteiger partial charge in [0.25, 0.3) is 5.91 Å². The van der Waals surface area contributed by atoms with E-state index in [1.54, 1.807) is 6.33 Å². The van der Waals surface area contributed by atoms with Crippen molar-refractivity contribution in [1.29, 1.82) is 0 Å². The summed E-state index contributed by atoms with van der Waals surface area (Å²) < 4.78 is 0. The van der Waals surface area contributed by atoms with Crippen LogP contribution in [0.3, 0.4) is 0 Å². The summed E-state index contributed by atoms with van der Waals surface area (Å²) in [6, 6.07) is 0.324. The highest BCUT2D eigenvalue weighted by molar-refractivity contribution is 7.20. The first-order chi connectivity index (χ1) is 10.6. The van der Waals surface area contributed by atoms with Gasteiger partial charge in [-0.05, 0) is 45.6 Å². The van der Waals surface area contributed by atoms with Gasteiger partial charge in [0.2, 0.25) is 0 Å². The Bertz CT molecular complexity index is 697. The molecule has 0 saturated carbocycles. The fourth-order valence-electron chi connectivity index (χ4n) is 3.11. The standard InChI is InChI=1S/C16H22N4OS/c1-4-17-14-12-11(3)13(22-15(12)19-9-18-14)16(21)20-8-6-5-7-10(20)2/h9-10H,4-8H2,1-3H3,(H,17,18,19). The molecular formula is C16H22N4OS. The molecular weight excluding hydrogens is 296 g/mol. The SMILES string of the molecule is CCNc1ncnc2sc(C(=O)N3CCCCC3C)c(C)c12. The Kier molecular flexibility index (Phi) is 4.29. The topological polar surface area (TPSA) is 58.1 Å². The van der Waals surface area contributed by atoms with Gasteiger partial charge in [0.05, 0.1) is 10.3 Å². The van der Waals surface area contributed by atoms with Crippen molar-refractivity contribution in [2.45, 2.75) is 46.1 Å². The van der Waals surface area contributed by atoms with Crippen molar-refractivity contribution in [1.82, 2.24) is 14.9 Å². The number of thiophene rings is 1. The average molecular weight is 318 g/mol. The first-order valence-corrected chi connectivity index (χ1v) is 8.74. The third-order valence-corrected chi connectivity index (χ3v) is 5.52. The molecule has 2 aromatic heterocycles. The van der Waals surface area contributed by atoms with Gasteiger partial charge >= 0.3 is 0 Å². The summed E-state index contributed by atoms with van der Waals surface area (Å²) in [5.74, 6) is 0.974. The van der Waals surface area contributed by atoms with Crippen molar-refractivity contribution in [3.8, 4) is 0 Å². The minimum Gasteiger partial charge on any atom is -0.370 e. The quantitative estimate of drug-likeness (QED) is 0.942. The van der Waals surface area contributed by atoms with Gasteiger partial charge in [0.15, 0.2) is 0 Å². The van der Waals surface area contributed by atoms with Gasteiger partial charge in [-0.25, -0.2) is 9.97 Å². The number of amides is 1. The predicted octanol–water partition coefficient (Wildman–Crippen LogP) is 3.45. The monoisotopic (exact) mass is 318 g/mol. The second-order valence-corrected chi connectivity index (χ2v) is 6.83. The summed E-state index contributed by atoms with van der Waals surface area (Å²) >= 11 is 1.49. The minimum atomic E-state index is 0.148. The second kappa shape index (κ2) is 6.20. The molecule has 1 N–H and O–H groups in total. The van der Waals surface area contributed by atoms with Gasteiger partial charge in [-0.15, -0.1) is 11.3 Å². The van der Waals surface area contributed by atoms with E-state index in [1.807, 2.05) is 18.7 Å². The smallest absolute Gasteiger partial charge is 0.264 e. The fraction of sp³-hybridized carbons (Fsp3) is 0.562. The van der Waals surface area contributed by atoms with Crippen LogP contribution in [0.2, 0.25) is 0 Å². The summed E-state index contributed by atoms with van der Waals surface area (Å²) in [5, 5.41) is 4.25. The lowest BCUT2D eigenvalue weighted by Crippen LogP contribution is -2.41. The van der Waals surface area contributed by atoms with Crippen molar-refractivity contribution >= 4 is 33.3 Å². The van der Waals surface area contributed by atoms with E-state index in [-0.39, 0.29) is 5.91 Å². The minimum absolute atomic E-state index is 0.148. The third kappa shape index (κ3) is 2.56. The zero-order chi connectivity index (χ0) is 15.7. The zero-order valence-corrected chi connectivity index (χ0v) is 14.2. The Morgan fingerprint density at radius 2 is 2.27 bits per heavy atom. The molecule has 2 aromatic rings. The van der Waals surface area contributed by atoms with E-state index in [9.17, 15) is 4.79 Å². The molecule has 3 rings (SSSR count). The van der Waals surface area contributed by atoms with Crippen LogP contribution in [-0.2, 0) is 0 Å². The number of likely N-dealkylation sites (tertiary alicyclic amines) is 1. The molecule has 3 heterocycles. The van der Waals surface area contributed by atoms with Gasteiger partial charge < -0.3 is 10.2 Å². The van der Waals surface area contributed by atoms with Crippen LogP contribution in [0, 0.1) is 6.92 Å². The molecule has 0 spiro atoms. The predicted molar refractivity (Wildman–Crippen MR) is 90.7 cm³/mol. The molecule has 1 fully saturated rings. The molecule has 1 saturated heterocycles.